The second-order valence-electron chi connectivity index (χ2n) is 10.4. The fourth-order valence-electron chi connectivity index (χ4n) is 5.06. The van der Waals surface area contributed by atoms with Crippen molar-refractivity contribution in [3.8, 4) is 0 Å². The molecule has 0 amide bonds. The van der Waals surface area contributed by atoms with Crippen molar-refractivity contribution in [2.45, 2.75) is 162 Å². The first-order valence-corrected chi connectivity index (χ1v) is 14.8. The molecular formula is C32H57. The van der Waals surface area contributed by atoms with E-state index in [1.54, 1.807) is 0 Å². The highest BCUT2D eigenvalue weighted by Gasteiger charge is 2.10. The van der Waals surface area contributed by atoms with Crippen LogP contribution in [-0.2, 0) is 6.42 Å². The van der Waals surface area contributed by atoms with E-state index in [-0.39, 0.29) is 0 Å². The maximum absolute atomic E-state index is 3.48. The molecule has 0 saturated heterocycles. The third kappa shape index (κ3) is 18.8. The standard InChI is InChI=1S/C32H57/c1-3-5-7-9-11-13-14-16-18-20-23-27-31(30-32-28-24-21-25-29-32)26-22-19-17-15-12-10-8-6-4-2/h21,24-25,28,31H,3-20,22-23,26-27,30H2,1-2H3. The summed E-state index contributed by atoms with van der Waals surface area (Å²) < 4.78 is 0. The summed E-state index contributed by atoms with van der Waals surface area (Å²) in [6.45, 7) is 4.61. The Kier molecular flexibility index (Phi) is 21.4. The Morgan fingerprint density at radius 2 is 0.938 bits per heavy atom. The second-order valence-corrected chi connectivity index (χ2v) is 10.4. The maximum Gasteiger partial charge on any atom is -0.0149 e. The van der Waals surface area contributed by atoms with Crippen molar-refractivity contribution in [2.75, 3.05) is 0 Å². The molecule has 1 unspecified atom stereocenters. The van der Waals surface area contributed by atoms with Crippen LogP contribution in [-0.4, -0.2) is 0 Å². The zero-order valence-electron chi connectivity index (χ0n) is 22.2. The predicted octanol–water partition coefficient (Wildman–Crippen LogP) is 11.3. The summed E-state index contributed by atoms with van der Waals surface area (Å²) in [5.74, 6) is 0.872. The molecule has 0 aromatic heterocycles. The lowest BCUT2D eigenvalue weighted by atomic mass is 9.88. The smallest absolute Gasteiger partial charge is 0.0149 e. The van der Waals surface area contributed by atoms with Crippen molar-refractivity contribution in [3.05, 3.63) is 35.9 Å². The van der Waals surface area contributed by atoms with Crippen LogP contribution in [0.1, 0.15) is 161 Å². The molecule has 0 aliphatic rings. The summed E-state index contributed by atoms with van der Waals surface area (Å²) >= 11 is 0. The molecule has 32 heavy (non-hydrogen) atoms. The normalized spacial score (nSPS) is 12.3. The number of hydrogen-bond donors (Lipinski definition) is 0. The molecule has 0 fully saturated rings. The molecule has 0 aliphatic heterocycles. The van der Waals surface area contributed by atoms with Gasteiger partial charge in [-0.1, -0.05) is 179 Å². The fourth-order valence-corrected chi connectivity index (χ4v) is 5.06. The summed E-state index contributed by atoms with van der Waals surface area (Å²) in [6, 6.07) is 12.1. The molecule has 0 saturated carbocycles. The van der Waals surface area contributed by atoms with Gasteiger partial charge in [-0.3, -0.25) is 0 Å². The van der Waals surface area contributed by atoms with Crippen molar-refractivity contribution < 1.29 is 0 Å². The van der Waals surface area contributed by atoms with E-state index in [1.807, 2.05) is 0 Å². The second kappa shape index (κ2) is 23.4. The molecule has 1 radical (unpaired) electrons. The average molecular weight is 442 g/mol. The molecule has 185 valence electrons. The zero-order valence-corrected chi connectivity index (χ0v) is 22.2. The Bertz CT molecular complexity index is 462. The first-order valence-electron chi connectivity index (χ1n) is 14.8. The van der Waals surface area contributed by atoms with Crippen LogP contribution >= 0.6 is 0 Å². The van der Waals surface area contributed by atoms with E-state index in [2.05, 4.69) is 44.2 Å². The molecule has 0 spiro atoms. The number of hydrogen-bond acceptors (Lipinski definition) is 0. The average Bonchev–Trinajstić information content (AvgIpc) is 2.82. The van der Waals surface area contributed by atoms with Crippen molar-refractivity contribution in [1.29, 1.82) is 0 Å². The van der Waals surface area contributed by atoms with Crippen LogP contribution in [0.2, 0.25) is 0 Å². The number of rotatable bonds is 24. The largest absolute Gasteiger partial charge is 0.0654 e. The van der Waals surface area contributed by atoms with E-state index in [0.717, 1.165) is 5.92 Å². The molecule has 0 N–H and O–H groups in total. The molecule has 1 aromatic rings. The zero-order chi connectivity index (χ0) is 23.0. The Morgan fingerprint density at radius 1 is 0.531 bits per heavy atom. The van der Waals surface area contributed by atoms with Gasteiger partial charge in [-0.15, -0.1) is 0 Å². The molecule has 1 atom stereocenters. The highest BCUT2D eigenvalue weighted by molar-refractivity contribution is 5.13. The minimum absolute atomic E-state index is 0.872. The summed E-state index contributed by atoms with van der Waals surface area (Å²) in [5, 5.41) is 0. The van der Waals surface area contributed by atoms with Gasteiger partial charge in [-0.05, 0) is 24.0 Å². The molecule has 0 bridgehead atoms. The van der Waals surface area contributed by atoms with Gasteiger partial charge in [0.15, 0.2) is 0 Å². The van der Waals surface area contributed by atoms with Gasteiger partial charge in [-0.2, -0.15) is 0 Å². The first kappa shape index (κ1) is 29.3. The number of benzene rings is 1. The van der Waals surface area contributed by atoms with Crippen molar-refractivity contribution in [1.82, 2.24) is 0 Å². The third-order valence-corrected chi connectivity index (χ3v) is 7.21. The van der Waals surface area contributed by atoms with Gasteiger partial charge in [0, 0.05) is 0 Å². The van der Waals surface area contributed by atoms with Crippen LogP contribution in [0.5, 0.6) is 0 Å². The number of unbranched alkanes of at least 4 members (excludes halogenated alkanes) is 18. The van der Waals surface area contributed by atoms with Crippen molar-refractivity contribution >= 4 is 0 Å². The van der Waals surface area contributed by atoms with Crippen LogP contribution in [0.4, 0.5) is 0 Å². The van der Waals surface area contributed by atoms with Crippen molar-refractivity contribution in [3.63, 3.8) is 0 Å². The van der Waals surface area contributed by atoms with Gasteiger partial charge in [0.2, 0.25) is 0 Å². The van der Waals surface area contributed by atoms with Gasteiger partial charge < -0.3 is 0 Å². The predicted molar refractivity (Wildman–Crippen MR) is 145 cm³/mol. The maximum atomic E-state index is 3.48. The lowest BCUT2D eigenvalue weighted by Gasteiger charge is -2.17. The van der Waals surface area contributed by atoms with Crippen LogP contribution < -0.4 is 0 Å². The van der Waals surface area contributed by atoms with Gasteiger partial charge >= 0.3 is 0 Å². The topological polar surface area (TPSA) is 0 Å². The summed E-state index contributed by atoms with van der Waals surface area (Å²) in [6.07, 6.45) is 33.0. The van der Waals surface area contributed by atoms with Crippen molar-refractivity contribution in [2.24, 2.45) is 5.92 Å². The summed E-state index contributed by atoms with van der Waals surface area (Å²) in [7, 11) is 0. The third-order valence-electron chi connectivity index (χ3n) is 7.21. The summed E-state index contributed by atoms with van der Waals surface area (Å²) in [5.41, 5.74) is 1.43. The molecule has 0 heterocycles. The lowest BCUT2D eigenvalue weighted by molar-refractivity contribution is 0.399. The molecule has 0 heteroatoms. The highest BCUT2D eigenvalue weighted by Crippen LogP contribution is 2.23. The summed E-state index contributed by atoms with van der Waals surface area (Å²) in [4.78, 5) is 0. The Labute approximate surface area is 203 Å². The van der Waals surface area contributed by atoms with E-state index in [9.17, 15) is 0 Å². The minimum atomic E-state index is 0.872. The van der Waals surface area contributed by atoms with Crippen LogP contribution in [0.15, 0.2) is 24.3 Å². The van der Waals surface area contributed by atoms with Gasteiger partial charge in [0.05, 0.1) is 0 Å². The minimum Gasteiger partial charge on any atom is -0.0654 e. The van der Waals surface area contributed by atoms with E-state index >= 15 is 0 Å². The molecule has 1 aromatic carbocycles. The molecule has 1 rings (SSSR count). The molecular weight excluding hydrogens is 384 g/mol. The Hall–Kier alpha value is -0.780. The van der Waals surface area contributed by atoms with E-state index in [0.29, 0.717) is 0 Å². The molecule has 0 aliphatic carbocycles. The monoisotopic (exact) mass is 441 g/mol. The van der Waals surface area contributed by atoms with Crippen LogP contribution in [0.25, 0.3) is 0 Å². The highest BCUT2D eigenvalue weighted by atomic mass is 14.2. The quantitative estimate of drug-likeness (QED) is 0.140. The van der Waals surface area contributed by atoms with Gasteiger partial charge in [0.25, 0.3) is 0 Å². The molecule has 0 nitrogen and oxygen atoms in total. The first-order chi connectivity index (χ1) is 15.9. The SMILES string of the molecule is CCCCCCCCCCCCCC(CCCCCCCCCCC)Cc1[c]cccc1. The Balaban J connectivity index is 2.10. The van der Waals surface area contributed by atoms with E-state index < -0.39 is 0 Å². The lowest BCUT2D eigenvalue weighted by Crippen LogP contribution is -2.05. The van der Waals surface area contributed by atoms with Crippen LogP contribution in [0.3, 0.4) is 0 Å². The van der Waals surface area contributed by atoms with Crippen LogP contribution in [0, 0.1) is 12.0 Å². The van der Waals surface area contributed by atoms with E-state index in [4.69, 9.17) is 0 Å². The van der Waals surface area contributed by atoms with Gasteiger partial charge in [-0.25, -0.2) is 0 Å². The fraction of sp³-hybridized carbons (Fsp3) is 0.812. The van der Waals surface area contributed by atoms with E-state index in [1.165, 1.54) is 153 Å². The Morgan fingerprint density at radius 3 is 1.31 bits per heavy atom. The van der Waals surface area contributed by atoms with Gasteiger partial charge in [0.1, 0.15) is 0 Å².